The van der Waals surface area contributed by atoms with Gasteiger partial charge in [-0.15, -0.1) is 0 Å². The summed E-state index contributed by atoms with van der Waals surface area (Å²) in [4.78, 5) is 0. The number of hydrogen-bond acceptors (Lipinski definition) is 3. The molecule has 1 N–H and O–H groups in total. The van der Waals surface area contributed by atoms with Crippen LogP contribution in [0.15, 0.2) is 12.3 Å². The van der Waals surface area contributed by atoms with Crippen molar-refractivity contribution in [1.82, 2.24) is 0 Å². The fraction of sp³-hybridized carbons (Fsp3) is 0.333. The maximum absolute atomic E-state index is 10.0. The Hall–Kier alpha value is -0.130. The van der Waals surface area contributed by atoms with Gasteiger partial charge in [-0.1, -0.05) is 6.08 Å². The second-order valence-corrected chi connectivity index (χ2v) is 3.30. The molecule has 1 unspecified atom stereocenters. The largest absolute Gasteiger partial charge is 0.390 e. The molecule has 0 amide bonds. The van der Waals surface area contributed by atoms with Gasteiger partial charge in [0.15, 0.2) is 0 Å². The van der Waals surface area contributed by atoms with Crippen LogP contribution in [0.3, 0.4) is 0 Å². The Labute approximate surface area is 53.1 Å². The molecule has 0 saturated heterocycles. The van der Waals surface area contributed by atoms with Crippen molar-refractivity contribution in [3.63, 3.8) is 0 Å². The summed E-state index contributed by atoms with van der Waals surface area (Å²) in [7, 11) is -3.44. The molecule has 0 fully saturated rings. The normalized spacial score (nSPS) is 18.2. The smallest absolute Gasteiger partial charge is 0.311 e. The van der Waals surface area contributed by atoms with E-state index in [-0.39, 0.29) is 0 Å². The van der Waals surface area contributed by atoms with E-state index in [9.17, 15) is 4.21 Å². The molecule has 0 aromatic rings. The van der Waals surface area contributed by atoms with Crippen LogP contribution >= 0.6 is 0 Å². The van der Waals surface area contributed by atoms with Crippen molar-refractivity contribution in [2.24, 2.45) is 0 Å². The molecule has 5 heteroatoms. The minimum absolute atomic E-state index is 1.08. The van der Waals surface area contributed by atoms with Gasteiger partial charge in [0.05, 0.1) is 11.2 Å². The van der Waals surface area contributed by atoms with Gasteiger partial charge >= 0.3 is 9.05 Å². The highest BCUT2D eigenvalue weighted by Crippen LogP contribution is 1.86. The molecule has 8 heavy (non-hydrogen) atoms. The van der Waals surface area contributed by atoms with Crippen LogP contribution in [0, 0.1) is 0 Å². The highest BCUT2D eigenvalue weighted by atomic mass is 32.9. The predicted molar refractivity (Wildman–Crippen MR) is 34.0 cm³/mol. The highest BCUT2D eigenvalue weighted by molar-refractivity contribution is 8.27. The lowest BCUT2D eigenvalue weighted by Crippen LogP contribution is -1.94. The first-order chi connectivity index (χ1) is 3.56. The summed E-state index contributed by atoms with van der Waals surface area (Å²) in [5.41, 5.74) is 0. The van der Waals surface area contributed by atoms with E-state index in [1.54, 1.807) is 6.92 Å². The van der Waals surface area contributed by atoms with E-state index in [1.807, 2.05) is 0 Å². The predicted octanol–water partition coefficient (Wildman–Crippen LogP) is 0.671. The highest BCUT2D eigenvalue weighted by Gasteiger charge is 1.91. The van der Waals surface area contributed by atoms with Crippen molar-refractivity contribution in [1.29, 1.82) is 0 Å². The molecule has 0 bridgehead atoms. The van der Waals surface area contributed by atoms with Crippen molar-refractivity contribution in [3.8, 4) is 0 Å². The first-order valence-electron chi connectivity index (χ1n) is 1.83. The fourth-order valence-electron chi connectivity index (χ4n) is 0.126. The van der Waals surface area contributed by atoms with Gasteiger partial charge in [0.2, 0.25) is 0 Å². The molecule has 0 aliphatic rings. The monoisotopic (exact) mass is 154 g/mol. The van der Waals surface area contributed by atoms with E-state index in [0.29, 0.717) is 0 Å². The van der Waals surface area contributed by atoms with Crippen LogP contribution in [0.5, 0.6) is 0 Å². The molecule has 0 spiro atoms. The van der Waals surface area contributed by atoms with E-state index in [0.717, 1.165) is 6.26 Å². The van der Waals surface area contributed by atoms with Gasteiger partial charge in [-0.3, -0.25) is 4.55 Å². The van der Waals surface area contributed by atoms with Gasteiger partial charge < -0.3 is 4.18 Å². The summed E-state index contributed by atoms with van der Waals surface area (Å²) in [6, 6.07) is 0. The first-order valence-corrected chi connectivity index (χ1v) is 4.19. The van der Waals surface area contributed by atoms with Crippen LogP contribution < -0.4 is 0 Å². The molecule has 0 saturated carbocycles. The van der Waals surface area contributed by atoms with Crippen molar-refractivity contribution in [2.75, 3.05) is 0 Å². The fourth-order valence-corrected chi connectivity index (χ4v) is 0.513. The van der Waals surface area contributed by atoms with Gasteiger partial charge in [0.25, 0.3) is 0 Å². The van der Waals surface area contributed by atoms with Crippen molar-refractivity contribution >= 4 is 20.2 Å². The Bertz CT molecular complexity index is 167. The lowest BCUT2D eigenvalue weighted by Gasteiger charge is -1.92. The van der Waals surface area contributed by atoms with Gasteiger partial charge in [0, 0.05) is 0 Å². The van der Waals surface area contributed by atoms with Crippen LogP contribution in [-0.4, -0.2) is 8.76 Å². The third-order valence-electron chi connectivity index (χ3n) is 0.313. The number of hydrogen-bond donors (Lipinski definition) is 1. The zero-order valence-electron chi connectivity index (χ0n) is 4.23. The number of allylic oxidation sites excluding steroid dienone is 1. The number of rotatable bonds is 2. The molecular formula is C3H6O3S2. The van der Waals surface area contributed by atoms with E-state index in [4.69, 9.17) is 4.55 Å². The maximum atomic E-state index is 10.0. The molecule has 48 valence electrons. The van der Waals surface area contributed by atoms with Crippen LogP contribution in [0.25, 0.3) is 0 Å². The summed E-state index contributed by atoms with van der Waals surface area (Å²) in [5, 5.41) is 0. The van der Waals surface area contributed by atoms with Crippen molar-refractivity contribution in [2.45, 2.75) is 6.92 Å². The third-order valence-corrected chi connectivity index (χ3v) is 0.903. The molecular weight excluding hydrogens is 148 g/mol. The van der Waals surface area contributed by atoms with Gasteiger partial charge in [-0.05, 0) is 6.92 Å². The molecule has 0 radical (unpaired) electrons. The van der Waals surface area contributed by atoms with Gasteiger partial charge in [0.1, 0.15) is 6.26 Å². The Morgan fingerprint density at radius 1 is 1.88 bits per heavy atom. The zero-order valence-corrected chi connectivity index (χ0v) is 5.87. The van der Waals surface area contributed by atoms with Crippen LogP contribution in [-0.2, 0) is 24.4 Å². The molecule has 1 atom stereocenters. The van der Waals surface area contributed by atoms with E-state index in [1.165, 1.54) is 6.08 Å². The standard InChI is InChI=1S/C3H6O3S2/c1-2-3-6-8(4,5)7/h2-3H,1H3,(H,4,5,7)/b3-2-. The van der Waals surface area contributed by atoms with E-state index < -0.39 is 9.05 Å². The van der Waals surface area contributed by atoms with Crippen LogP contribution in [0.4, 0.5) is 0 Å². The lowest BCUT2D eigenvalue weighted by atomic mass is 10.8. The lowest BCUT2D eigenvalue weighted by molar-refractivity contribution is 0.416. The Morgan fingerprint density at radius 3 is 2.50 bits per heavy atom. The molecule has 3 nitrogen and oxygen atoms in total. The Balaban J connectivity index is 3.76. The maximum Gasteiger partial charge on any atom is 0.311 e. The molecule has 0 aliphatic carbocycles. The molecule has 0 aromatic heterocycles. The minimum atomic E-state index is -3.44. The SMILES string of the molecule is C/C=C\OS(=O)(O)=S. The summed E-state index contributed by atoms with van der Waals surface area (Å²) >= 11 is 3.96. The molecule has 0 aliphatic heterocycles. The summed E-state index contributed by atoms with van der Waals surface area (Å²) in [6.45, 7) is 1.65. The summed E-state index contributed by atoms with van der Waals surface area (Å²) in [6.07, 6.45) is 2.55. The van der Waals surface area contributed by atoms with Gasteiger partial charge in [-0.2, -0.15) is 4.21 Å². The third kappa shape index (κ3) is 5.87. The average molecular weight is 154 g/mol. The Kier molecular flexibility index (Phi) is 2.96. The summed E-state index contributed by atoms with van der Waals surface area (Å²) in [5.74, 6) is 0. The quantitative estimate of drug-likeness (QED) is 0.594. The minimum Gasteiger partial charge on any atom is -0.390 e. The zero-order chi connectivity index (χ0) is 6.62. The second-order valence-electron chi connectivity index (χ2n) is 0.993. The molecule has 0 aromatic carbocycles. The average Bonchev–Trinajstić information content (AvgIpc) is 1.59. The first kappa shape index (κ1) is 7.87. The van der Waals surface area contributed by atoms with Crippen molar-refractivity contribution in [3.05, 3.63) is 12.3 Å². The molecule has 0 heterocycles. The second kappa shape index (κ2) is 3.01. The van der Waals surface area contributed by atoms with Crippen LogP contribution in [0.2, 0.25) is 0 Å². The Morgan fingerprint density at radius 2 is 2.38 bits per heavy atom. The van der Waals surface area contributed by atoms with Crippen LogP contribution in [0.1, 0.15) is 6.92 Å². The van der Waals surface area contributed by atoms with Crippen molar-refractivity contribution < 1.29 is 12.9 Å². The van der Waals surface area contributed by atoms with E-state index >= 15 is 0 Å². The topological polar surface area (TPSA) is 46.5 Å². The van der Waals surface area contributed by atoms with Gasteiger partial charge in [-0.25, -0.2) is 0 Å². The summed E-state index contributed by atoms with van der Waals surface area (Å²) < 4.78 is 22.4. The molecule has 0 rings (SSSR count). The van der Waals surface area contributed by atoms with E-state index in [2.05, 4.69) is 15.4 Å².